The highest BCUT2D eigenvalue weighted by molar-refractivity contribution is 5.76. The lowest BCUT2D eigenvalue weighted by molar-refractivity contribution is 1.22. The van der Waals surface area contributed by atoms with Gasteiger partial charge in [0.2, 0.25) is 0 Å². The van der Waals surface area contributed by atoms with Crippen LogP contribution in [0.5, 0.6) is 0 Å². The molecule has 0 saturated carbocycles. The minimum Gasteiger partial charge on any atom is -0.256 e. The van der Waals surface area contributed by atoms with E-state index in [9.17, 15) is 0 Å². The maximum absolute atomic E-state index is 4.32. The highest BCUT2D eigenvalue weighted by Crippen LogP contribution is 2.18. The third kappa shape index (κ3) is 2.23. The van der Waals surface area contributed by atoms with Crippen molar-refractivity contribution in [2.45, 2.75) is 0 Å². The predicted octanol–water partition coefficient (Wildman–Crippen LogP) is 3.09. The Morgan fingerprint density at radius 3 is 1.88 bits per heavy atom. The summed E-state index contributed by atoms with van der Waals surface area (Å²) < 4.78 is 0. The van der Waals surface area contributed by atoms with E-state index in [1.165, 1.54) is 0 Å². The molecule has 0 aromatic carbocycles. The molecule has 0 N–H and O–H groups in total. The number of hydrogen-bond donors (Lipinski definition) is 0. The molecule has 0 amide bonds. The summed E-state index contributed by atoms with van der Waals surface area (Å²) in [6, 6.07) is 11.6. The van der Waals surface area contributed by atoms with E-state index in [1.54, 1.807) is 18.5 Å². The topological polar surface area (TPSA) is 25.8 Å². The molecular formula is C14H12N2. The largest absolute Gasteiger partial charge is 0.256 e. The van der Waals surface area contributed by atoms with E-state index in [0.717, 1.165) is 17.0 Å². The Morgan fingerprint density at radius 1 is 0.938 bits per heavy atom. The van der Waals surface area contributed by atoms with Gasteiger partial charge in [-0.25, -0.2) is 0 Å². The SMILES string of the molecule is C=CC=C(c1ccccn1)c1ccccn1. The Hall–Kier alpha value is -2.22. The maximum atomic E-state index is 4.32. The van der Waals surface area contributed by atoms with Gasteiger partial charge in [-0.05, 0) is 24.3 Å². The number of allylic oxidation sites excluding steroid dienone is 2. The number of hydrogen-bond acceptors (Lipinski definition) is 2. The van der Waals surface area contributed by atoms with Gasteiger partial charge in [-0.2, -0.15) is 0 Å². The molecule has 0 aliphatic rings. The Balaban J connectivity index is 2.48. The van der Waals surface area contributed by atoms with Gasteiger partial charge in [0.15, 0.2) is 0 Å². The molecule has 0 fully saturated rings. The van der Waals surface area contributed by atoms with Gasteiger partial charge in [0, 0.05) is 18.0 Å². The van der Waals surface area contributed by atoms with E-state index in [1.807, 2.05) is 42.5 Å². The second kappa shape index (κ2) is 5.03. The van der Waals surface area contributed by atoms with Gasteiger partial charge >= 0.3 is 0 Å². The fourth-order valence-corrected chi connectivity index (χ4v) is 1.46. The first kappa shape index (κ1) is 10.3. The summed E-state index contributed by atoms with van der Waals surface area (Å²) >= 11 is 0. The van der Waals surface area contributed by atoms with E-state index < -0.39 is 0 Å². The van der Waals surface area contributed by atoms with Crippen molar-refractivity contribution in [2.75, 3.05) is 0 Å². The van der Waals surface area contributed by atoms with E-state index >= 15 is 0 Å². The van der Waals surface area contributed by atoms with Crippen LogP contribution in [0, 0.1) is 0 Å². The first-order chi connectivity index (χ1) is 7.92. The van der Waals surface area contributed by atoms with E-state index in [4.69, 9.17) is 0 Å². The molecule has 2 aromatic heterocycles. The van der Waals surface area contributed by atoms with E-state index in [2.05, 4.69) is 16.5 Å². The number of aromatic nitrogens is 2. The molecule has 2 aromatic rings. The zero-order valence-corrected chi connectivity index (χ0v) is 8.88. The Bertz CT molecular complexity index is 445. The van der Waals surface area contributed by atoms with Crippen LogP contribution < -0.4 is 0 Å². The van der Waals surface area contributed by atoms with Crippen LogP contribution in [0.1, 0.15) is 11.4 Å². The van der Waals surface area contributed by atoms with E-state index in [-0.39, 0.29) is 0 Å². The predicted molar refractivity (Wildman–Crippen MR) is 65.8 cm³/mol. The van der Waals surface area contributed by atoms with Gasteiger partial charge in [0.1, 0.15) is 0 Å². The summed E-state index contributed by atoms with van der Waals surface area (Å²) in [6.45, 7) is 3.72. The third-order valence-electron chi connectivity index (χ3n) is 2.17. The molecular weight excluding hydrogens is 196 g/mol. The summed E-state index contributed by atoms with van der Waals surface area (Å²) in [6.07, 6.45) is 7.22. The smallest absolute Gasteiger partial charge is 0.0723 e. The molecule has 0 aliphatic heterocycles. The van der Waals surface area contributed by atoms with Crippen LogP contribution in [-0.4, -0.2) is 9.97 Å². The highest BCUT2D eigenvalue weighted by Gasteiger charge is 2.05. The minimum absolute atomic E-state index is 0.904. The maximum Gasteiger partial charge on any atom is 0.0723 e. The first-order valence-electron chi connectivity index (χ1n) is 5.07. The fourth-order valence-electron chi connectivity index (χ4n) is 1.46. The highest BCUT2D eigenvalue weighted by atomic mass is 14.7. The number of nitrogens with zero attached hydrogens (tertiary/aromatic N) is 2. The average Bonchev–Trinajstić information content (AvgIpc) is 2.38. The van der Waals surface area contributed by atoms with Crippen molar-refractivity contribution in [3.63, 3.8) is 0 Å². The minimum atomic E-state index is 0.904. The van der Waals surface area contributed by atoms with Crippen LogP contribution in [0.25, 0.3) is 5.57 Å². The lowest BCUT2D eigenvalue weighted by Crippen LogP contribution is -1.93. The molecule has 0 bridgehead atoms. The lowest BCUT2D eigenvalue weighted by atomic mass is 10.1. The summed E-state index contributed by atoms with van der Waals surface area (Å²) in [5, 5.41) is 0. The number of rotatable bonds is 3. The molecule has 0 atom stereocenters. The molecule has 16 heavy (non-hydrogen) atoms. The molecule has 2 nitrogen and oxygen atoms in total. The van der Waals surface area contributed by atoms with Crippen molar-refractivity contribution in [3.05, 3.63) is 78.9 Å². The van der Waals surface area contributed by atoms with Crippen LogP contribution >= 0.6 is 0 Å². The Kier molecular flexibility index (Phi) is 3.24. The standard InChI is InChI=1S/C14H12N2/c1-2-7-12(13-8-3-5-10-15-13)14-9-4-6-11-16-14/h2-11H,1H2. The molecule has 0 saturated heterocycles. The van der Waals surface area contributed by atoms with Crippen molar-refractivity contribution in [2.24, 2.45) is 0 Å². The van der Waals surface area contributed by atoms with Gasteiger partial charge in [-0.15, -0.1) is 0 Å². The molecule has 2 rings (SSSR count). The van der Waals surface area contributed by atoms with Crippen LogP contribution in [0.4, 0.5) is 0 Å². The second-order valence-corrected chi connectivity index (χ2v) is 3.25. The van der Waals surface area contributed by atoms with E-state index in [0.29, 0.717) is 0 Å². The van der Waals surface area contributed by atoms with Crippen molar-refractivity contribution in [1.82, 2.24) is 9.97 Å². The summed E-state index contributed by atoms with van der Waals surface area (Å²) in [4.78, 5) is 8.64. The van der Waals surface area contributed by atoms with Gasteiger partial charge in [0.05, 0.1) is 11.4 Å². The van der Waals surface area contributed by atoms with Gasteiger partial charge in [0.25, 0.3) is 0 Å². The van der Waals surface area contributed by atoms with Crippen LogP contribution in [0.3, 0.4) is 0 Å². The Morgan fingerprint density at radius 2 is 1.50 bits per heavy atom. The quantitative estimate of drug-likeness (QED) is 0.724. The van der Waals surface area contributed by atoms with Crippen LogP contribution in [-0.2, 0) is 0 Å². The molecule has 2 heterocycles. The molecule has 78 valence electrons. The second-order valence-electron chi connectivity index (χ2n) is 3.25. The van der Waals surface area contributed by atoms with Crippen LogP contribution in [0.2, 0.25) is 0 Å². The molecule has 2 heteroatoms. The molecule has 0 aliphatic carbocycles. The first-order valence-corrected chi connectivity index (χ1v) is 5.07. The molecule has 0 spiro atoms. The monoisotopic (exact) mass is 208 g/mol. The van der Waals surface area contributed by atoms with Gasteiger partial charge < -0.3 is 0 Å². The van der Waals surface area contributed by atoms with Crippen molar-refractivity contribution >= 4 is 5.57 Å². The van der Waals surface area contributed by atoms with Gasteiger partial charge in [-0.3, -0.25) is 9.97 Å². The molecule has 0 unspecified atom stereocenters. The lowest BCUT2D eigenvalue weighted by Gasteiger charge is -2.04. The fraction of sp³-hybridized carbons (Fsp3) is 0. The molecule has 0 radical (unpaired) electrons. The third-order valence-corrected chi connectivity index (χ3v) is 2.17. The van der Waals surface area contributed by atoms with Crippen molar-refractivity contribution < 1.29 is 0 Å². The zero-order valence-electron chi connectivity index (χ0n) is 8.88. The zero-order chi connectivity index (χ0) is 11.2. The van der Waals surface area contributed by atoms with Crippen molar-refractivity contribution in [3.8, 4) is 0 Å². The Labute approximate surface area is 95.0 Å². The van der Waals surface area contributed by atoms with Crippen LogP contribution in [0.15, 0.2) is 67.5 Å². The summed E-state index contributed by atoms with van der Waals surface area (Å²) in [5.74, 6) is 0. The normalized spacial score (nSPS) is 9.50. The number of pyridine rings is 2. The van der Waals surface area contributed by atoms with Crippen molar-refractivity contribution in [1.29, 1.82) is 0 Å². The summed E-state index contributed by atoms with van der Waals surface area (Å²) in [7, 11) is 0. The summed E-state index contributed by atoms with van der Waals surface area (Å²) in [5.41, 5.74) is 2.79. The van der Waals surface area contributed by atoms with Gasteiger partial charge in [-0.1, -0.05) is 30.9 Å². The average molecular weight is 208 g/mol.